The number of aromatic nitrogens is 2. The maximum atomic E-state index is 12.8. The molecule has 6 nitrogen and oxygen atoms in total. The normalized spacial score (nSPS) is 19.1. The van der Waals surface area contributed by atoms with E-state index in [4.69, 9.17) is 4.74 Å². The van der Waals surface area contributed by atoms with Crippen molar-refractivity contribution in [3.05, 3.63) is 47.4 Å². The molecule has 0 spiro atoms. The Morgan fingerprint density at radius 1 is 1.21 bits per heavy atom. The Bertz CT molecular complexity index is 856. The SMILES string of the molecule is CCOc1ccc(C)cc1C(=O)NC1CCCC1Nc1cnc(C(F)(F)F)cn1. The molecule has 1 fully saturated rings. The fourth-order valence-electron chi connectivity index (χ4n) is 3.39. The number of benzene rings is 1. The van der Waals surface area contributed by atoms with Gasteiger partial charge in [0.05, 0.1) is 24.6 Å². The number of aryl methyl sites for hydroxylation is 1. The maximum absolute atomic E-state index is 12.8. The topological polar surface area (TPSA) is 76.1 Å². The summed E-state index contributed by atoms with van der Waals surface area (Å²) >= 11 is 0. The third-order valence-corrected chi connectivity index (χ3v) is 4.79. The summed E-state index contributed by atoms with van der Waals surface area (Å²) in [7, 11) is 0. The van der Waals surface area contributed by atoms with Crippen LogP contribution in [0.5, 0.6) is 5.75 Å². The molecule has 1 amide bonds. The van der Waals surface area contributed by atoms with E-state index in [1.54, 1.807) is 12.1 Å². The van der Waals surface area contributed by atoms with E-state index < -0.39 is 11.9 Å². The number of nitrogens with zero attached hydrogens (tertiary/aromatic N) is 2. The van der Waals surface area contributed by atoms with Crippen LogP contribution in [0, 0.1) is 6.92 Å². The molecule has 1 aliphatic rings. The van der Waals surface area contributed by atoms with E-state index in [0.717, 1.165) is 31.0 Å². The van der Waals surface area contributed by atoms with Crippen molar-refractivity contribution in [1.82, 2.24) is 15.3 Å². The lowest BCUT2D eigenvalue weighted by Crippen LogP contribution is -2.43. The van der Waals surface area contributed by atoms with Gasteiger partial charge >= 0.3 is 6.18 Å². The van der Waals surface area contributed by atoms with Crippen LogP contribution in [0.25, 0.3) is 0 Å². The van der Waals surface area contributed by atoms with Gasteiger partial charge in [-0.3, -0.25) is 4.79 Å². The van der Waals surface area contributed by atoms with Gasteiger partial charge in [-0.1, -0.05) is 11.6 Å². The third kappa shape index (κ3) is 5.16. The Hall–Kier alpha value is -2.84. The Labute approximate surface area is 166 Å². The number of amides is 1. The summed E-state index contributed by atoms with van der Waals surface area (Å²) in [5.74, 6) is 0.524. The predicted molar refractivity (Wildman–Crippen MR) is 102 cm³/mol. The quantitative estimate of drug-likeness (QED) is 0.757. The third-order valence-electron chi connectivity index (χ3n) is 4.79. The van der Waals surface area contributed by atoms with E-state index in [-0.39, 0.29) is 23.8 Å². The molecule has 0 radical (unpaired) electrons. The Balaban J connectivity index is 1.68. The molecule has 1 aromatic heterocycles. The van der Waals surface area contributed by atoms with Gasteiger partial charge < -0.3 is 15.4 Å². The monoisotopic (exact) mass is 408 g/mol. The van der Waals surface area contributed by atoms with E-state index in [1.807, 2.05) is 19.9 Å². The molecule has 1 aromatic carbocycles. The molecule has 2 unspecified atom stereocenters. The maximum Gasteiger partial charge on any atom is 0.434 e. The second kappa shape index (κ2) is 8.67. The minimum absolute atomic E-state index is 0.148. The van der Waals surface area contributed by atoms with Crippen molar-refractivity contribution in [2.24, 2.45) is 0 Å². The van der Waals surface area contributed by atoms with Crippen LogP contribution in [0.1, 0.15) is 47.8 Å². The summed E-state index contributed by atoms with van der Waals surface area (Å²) in [6.07, 6.45) is -0.364. The highest BCUT2D eigenvalue weighted by Gasteiger charge is 2.33. The largest absolute Gasteiger partial charge is 0.493 e. The summed E-state index contributed by atoms with van der Waals surface area (Å²) < 4.78 is 43.4. The molecule has 0 saturated heterocycles. The van der Waals surface area contributed by atoms with Gasteiger partial charge in [-0.05, 0) is 45.2 Å². The zero-order valence-electron chi connectivity index (χ0n) is 16.2. The van der Waals surface area contributed by atoms with Gasteiger partial charge in [0.2, 0.25) is 0 Å². The van der Waals surface area contributed by atoms with Gasteiger partial charge in [-0.25, -0.2) is 9.97 Å². The number of ether oxygens (including phenoxy) is 1. The minimum Gasteiger partial charge on any atom is -0.493 e. The van der Waals surface area contributed by atoms with Crippen LogP contribution in [-0.4, -0.2) is 34.6 Å². The first-order chi connectivity index (χ1) is 13.8. The number of alkyl halides is 3. The van der Waals surface area contributed by atoms with Crippen molar-refractivity contribution < 1.29 is 22.7 Å². The summed E-state index contributed by atoms with van der Waals surface area (Å²) in [6.45, 7) is 4.20. The van der Waals surface area contributed by atoms with Crippen LogP contribution in [0.15, 0.2) is 30.6 Å². The number of rotatable bonds is 6. The van der Waals surface area contributed by atoms with Crippen LogP contribution in [0.3, 0.4) is 0 Å². The van der Waals surface area contributed by atoms with Crippen LogP contribution < -0.4 is 15.4 Å². The molecule has 9 heteroatoms. The number of carbonyl (C=O) groups excluding carboxylic acids is 1. The first-order valence-corrected chi connectivity index (χ1v) is 9.48. The molecule has 29 heavy (non-hydrogen) atoms. The Kier molecular flexibility index (Phi) is 6.24. The van der Waals surface area contributed by atoms with Crippen molar-refractivity contribution >= 4 is 11.7 Å². The molecule has 1 aliphatic carbocycles. The standard InChI is InChI=1S/C20H23F3N4O2/c1-3-29-16-8-7-12(2)9-13(16)19(28)27-15-6-4-5-14(15)26-18-11-24-17(10-25-18)20(21,22)23/h7-11,14-15H,3-6H2,1-2H3,(H,25,26)(H,27,28). The molecule has 2 N–H and O–H groups in total. The highest BCUT2D eigenvalue weighted by molar-refractivity contribution is 5.97. The summed E-state index contributed by atoms with van der Waals surface area (Å²) in [6, 6.07) is 5.10. The molecule has 1 heterocycles. The lowest BCUT2D eigenvalue weighted by Gasteiger charge is -2.23. The van der Waals surface area contributed by atoms with Gasteiger partial charge in [-0.2, -0.15) is 13.2 Å². The fraction of sp³-hybridized carbons (Fsp3) is 0.450. The Morgan fingerprint density at radius 2 is 1.97 bits per heavy atom. The number of carbonyl (C=O) groups is 1. The number of hydrogen-bond acceptors (Lipinski definition) is 5. The van der Waals surface area contributed by atoms with Gasteiger partial charge in [0, 0.05) is 12.1 Å². The highest BCUT2D eigenvalue weighted by atomic mass is 19.4. The highest BCUT2D eigenvalue weighted by Crippen LogP contribution is 2.28. The van der Waals surface area contributed by atoms with Gasteiger partial charge in [0.1, 0.15) is 11.6 Å². The van der Waals surface area contributed by atoms with Gasteiger partial charge in [-0.15, -0.1) is 0 Å². The minimum atomic E-state index is -4.53. The molecule has 3 rings (SSSR count). The molecule has 2 aromatic rings. The summed E-state index contributed by atoms with van der Waals surface area (Å²) in [5, 5.41) is 6.11. The van der Waals surface area contributed by atoms with Crippen LogP contribution in [-0.2, 0) is 6.18 Å². The number of nitrogens with one attached hydrogen (secondary N) is 2. The molecule has 0 bridgehead atoms. The van der Waals surface area contributed by atoms with Crippen LogP contribution in [0.2, 0.25) is 0 Å². The van der Waals surface area contributed by atoms with E-state index in [1.165, 1.54) is 0 Å². The smallest absolute Gasteiger partial charge is 0.434 e. The lowest BCUT2D eigenvalue weighted by molar-refractivity contribution is -0.141. The molecular formula is C20H23F3N4O2. The molecule has 2 atom stereocenters. The van der Waals surface area contributed by atoms with Crippen LogP contribution >= 0.6 is 0 Å². The molecule has 0 aliphatic heterocycles. The molecular weight excluding hydrogens is 385 g/mol. The van der Waals surface area contributed by atoms with Crippen molar-refractivity contribution in [1.29, 1.82) is 0 Å². The number of halogens is 3. The Morgan fingerprint density at radius 3 is 2.62 bits per heavy atom. The number of hydrogen-bond donors (Lipinski definition) is 2. The van der Waals surface area contributed by atoms with E-state index in [0.29, 0.717) is 24.1 Å². The molecule has 156 valence electrons. The van der Waals surface area contributed by atoms with Crippen molar-refractivity contribution in [2.75, 3.05) is 11.9 Å². The van der Waals surface area contributed by atoms with Crippen molar-refractivity contribution in [3.8, 4) is 5.75 Å². The first-order valence-electron chi connectivity index (χ1n) is 9.48. The number of anilines is 1. The fourth-order valence-corrected chi connectivity index (χ4v) is 3.39. The zero-order chi connectivity index (χ0) is 21.0. The predicted octanol–water partition coefficient (Wildman–Crippen LogP) is 3.97. The van der Waals surface area contributed by atoms with Crippen molar-refractivity contribution in [2.45, 2.75) is 51.4 Å². The zero-order valence-corrected chi connectivity index (χ0v) is 16.2. The summed E-state index contributed by atoms with van der Waals surface area (Å²) in [5.41, 5.74) is 0.369. The summed E-state index contributed by atoms with van der Waals surface area (Å²) in [4.78, 5) is 20.0. The van der Waals surface area contributed by atoms with Gasteiger partial charge in [0.15, 0.2) is 5.69 Å². The van der Waals surface area contributed by atoms with E-state index in [9.17, 15) is 18.0 Å². The lowest BCUT2D eigenvalue weighted by atomic mass is 10.1. The van der Waals surface area contributed by atoms with E-state index >= 15 is 0 Å². The van der Waals surface area contributed by atoms with Gasteiger partial charge in [0.25, 0.3) is 5.91 Å². The van der Waals surface area contributed by atoms with E-state index in [2.05, 4.69) is 20.6 Å². The second-order valence-electron chi connectivity index (χ2n) is 6.98. The average Bonchev–Trinajstić information content (AvgIpc) is 3.09. The first kappa shape index (κ1) is 20.9. The molecule has 1 saturated carbocycles. The van der Waals surface area contributed by atoms with Crippen LogP contribution in [0.4, 0.5) is 19.0 Å². The van der Waals surface area contributed by atoms with Crippen molar-refractivity contribution in [3.63, 3.8) is 0 Å². The second-order valence-corrected chi connectivity index (χ2v) is 6.98. The average molecular weight is 408 g/mol.